The first-order valence-electron chi connectivity index (χ1n) is 7.66. The van der Waals surface area contributed by atoms with E-state index in [1.54, 1.807) is 4.90 Å². The number of morpholine rings is 1. The lowest BCUT2D eigenvalue weighted by Gasteiger charge is -2.28. The number of rotatable bonds is 4. The van der Waals surface area contributed by atoms with Crippen LogP contribution in [0.3, 0.4) is 0 Å². The predicted molar refractivity (Wildman–Crippen MR) is 80.4 cm³/mol. The topological polar surface area (TPSA) is 70.7 Å². The smallest absolute Gasteiger partial charge is 0.243 e. The van der Waals surface area contributed by atoms with Crippen LogP contribution in [0.4, 0.5) is 0 Å². The minimum Gasteiger partial charge on any atom is -0.375 e. The van der Waals surface area contributed by atoms with Gasteiger partial charge in [-0.3, -0.25) is 9.59 Å². The summed E-state index contributed by atoms with van der Waals surface area (Å²) >= 11 is 0. The third-order valence-corrected chi connectivity index (χ3v) is 4.21. The number of carbonyl (C=O) groups is 2. The highest BCUT2D eigenvalue weighted by atomic mass is 35.5. The molecule has 0 bridgehead atoms. The Morgan fingerprint density at radius 2 is 2.10 bits per heavy atom. The van der Waals surface area contributed by atoms with Gasteiger partial charge in [0.2, 0.25) is 11.8 Å². The Kier molecular flexibility index (Phi) is 5.84. The Balaban J connectivity index is 0.00000161. The fourth-order valence-corrected chi connectivity index (χ4v) is 2.93. The van der Waals surface area contributed by atoms with Crippen LogP contribution in [0.2, 0.25) is 0 Å². The summed E-state index contributed by atoms with van der Waals surface area (Å²) in [5.74, 6) is 0.0770. The second-order valence-electron chi connectivity index (χ2n) is 5.93. The van der Waals surface area contributed by atoms with E-state index in [-0.39, 0.29) is 36.4 Å². The van der Waals surface area contributed by atoms with Gasteiger partial charge in [-0.05, 0) is 25.7 Å². The zero-order chi connectivity index (χ0) is 13.9. The first-order valence-corrected chi connectivity index (χ1v) is 7.66. The van der Waals surface area contributed by atoms with Gasteiger partial charge in [-0.1, -0.05) is 0 Å². The van der Waals surface area contributed by atoms with Crippen molar-refractivity contribution in [2.45, 2.75) is 50.3 Å². The standard InChI is InChI=1S/C14H23N3O3.ClH/c18-13(8-11-9-15-5-7-20-11)17-6-1-2-12(17)14(19)16-10-3-4-10;/h10-12,15H,1-9H2,(H,16,19);1H. The zero-order valence-corrected chi connectivity index (χ0v) is 13.0. The zero-order valence-electron chi connectivity index (χ0n) is 12.2. The lowest BCUT2D eigenvalue weighted by Crippen LogP contribution is -2.48. The molecule has 3 aliphatic rings. The van der Waals surface area contributed by atoms with Crippen LogP contribution in [0, 0.1) is 0 Å². The summed E-state index contributed by atoms with van der Waals surface area (Å²) in [5, 5.41) is 6.23. The van der Waals surface area contributed by atoms with Crippen molar-refractivity contribution in [1.29, 1.82) is 0 Å². The third kappa shape index (κ3) is 4.31. The molecule has 6 nitrogen and oxygen atoms in total. The number of hydrogen-bond acceptors (Lipinski definition) is 4. The molecule has 2 unspecified atom stereocenters. The maximum Gasteiger partial charge on any atom is 0.243 e. The van der Waals surface area contributed by atoms with Crippen molar-refractivity contribution in [3.63, 3.8) is 0 Å². The molecule has 0 aromatic heterocycles. The molecule has 0 aromatic rings. The van der Waals surface area contributed by atoms with Gasteiger partial charge < -0.3 is 20.3 Å². The molecular weight excluding hydrogens is 294 g/mol. The van der Waals surface area contributed by atoms with Gasteiger partial charge in [-0.2, -0.15) is 0 Å². The Morgan fingerprint density at radius 1 is 1.29 bits per heavy atom. The van der Waals surface area contributed by atoms with Crippen LogP contribution in [0.15, 0.2) is 0 Å². The van der Waals surface area contributed by atoms with Gasteiger partial charge in [0.15, 0.2) is 0 Å². The number of carbonyl (C=O) groups excluding carboxylic acids is 2. The molecule has 3 rings (SSSR count). The fraction of sp³-hybridized carbons (Fsp3) is 0.857. The number of nitrogens with zero attached hydrogens (tertiary/aromatic N) is 1. The summed E-state index contributed by atoms with van der Waals surface area (Å²) in [6.07, 6.45) is 4.18. The van der Waals surface area contributed by atoms with Gasteiger partial charge in [-0.25, -0.2) is 0 Å². The summed E-state index contributed by atoms with van der Waals surface area (Å²) in [7, 11) is 0. The molecule has 7 heteroatoms. The molecule has 1 aliphatic carbocycles. The maximum absolute atomic E-state index is 12.4. The molecule has 2 atom stereocenters. The summed E-state index contributed by atoms with van der Waals surface area (Å²) in [6.45, 7) is 2.92. The lowest BCUT2D eigenvalue weighted by atomic mass is 10.1. The first-order chi connectivity index (χ1) is 9.74. The molecule has 3 fully saturated rings. The highest BCUT2D eigenvalue weighted by Crippen LogP contribution is 2.23. The largest absolute Gasteiger partial charge is 0.375 e. The molecule has 21 heavy (non-hydrogen) atoms. The van der Waals surface area contributed by atoms with Crippen molar-refractivity contribution in [1.82, 2.24) is 15.5 Å². The Bertz CT molecular complexity index is 384. The number of likely N-dealkylation sites (tertiary alicyclic amines) is 1. The highest BCUT2D eigenvalue weighted by molar-refractivity contribution is 5.88. The number of ether oxygens (including phenoxy) is 1. The monoisotopic (exact) mass is 317 g/mol. The van der Waals surface area contributed by atoms with E-state index >= 15 is 0 Å². The Hall–Kier alpha value is -0.850. The molecule has 0 spiro atoms. The van der Waals surface area contributed by atoms with Gasteiger partial charge in [0, 0.05) is 25.7 Å². The molecule has 2 N–H and O–H groups in total. The SMILES string of the molecule is Cl.O=C(NC1CC1)C1CCCN1C(=O)CC1CNCCO1. The van der Waals surface area contributed by atoms with Crippen LogP contribution in [0.25, 0.3) is 0 Å². The van der Waals surface area contributed by atoms with Crippen LogP contribution >= 0.6 is 12.4 Å². The first kappa shape index (κ1) is 16.5. The molecule has 0 radical (unpaired) electrons. The van der Waals surface area contributed by atoms with E-state index in [4.69, 9.17) is 4.74 Å². The van der Waals surface area contributed by atoms with Gasteiger partial charge in [0.05, 0.1) is 19.1 Å². The van der Waals surface area contributed by atoms with Crippen LogP contribution in [0.1, 0.15) is 32.1 Å². The average Bonchev–Trinajstić information content (AvgIpc) is 3.12. The Morgan fingerprint density at radius 3 is 2.76 bits per heavy atom. The summed E-state index contributed by atoms with van der Waals surface area (Å²) in [4.78, 5) is 26.3. The van der Waals surface area contributed by atoms with Crippen LogP contribution in [-0.4, -0.2) is 61.1 Å². The van der Waals surface area contributed by atoms with E-state index in [9.17, 15) is 9.59 Å². The van der Waals surface area contributed by atoms with E-state index in [0.29, 0.717) is 25.6 Å². The van der Waals surface area contributed by atoms with E-state index in [1.165, 1.54) is 0 Å². The fourth-order valence-electron chi connectivity index (χ4n) is 2.93. The minimum atomic E-state index is -0.264. The molecule has 2 aliphatic heterocycles. The van der Waals surface area contributed by atoms with Gasteiger partial charge >= 0.3 is 0 Å². The number of halogens is 1. The van der Waals surface area contributed by atoms with Crippen molar-refractivity contribution in [3.05, 3.63) is 0 Å². The van der Waals surface area contributed by atoms with Gasteiger partial charge in [0.1, 0.15) is 6.04 Å². The minimum absolute atomic E-state index is 0. The highest BCUT2D eigenvalue weighted by Gasteiger charge is 2.37. The molecule has 1 saturated carbocycles. The van der Waals surface area contributed by atoms with Crippen molar-refractivity contribution in [2.75, 3.05) is 26.2 Å². The maximum atomic E-state index is 12.4. The number of nitrogens with one attached hydrogen (secondary N) is 2. The third-order valence-electron chi connectivity index (χ3n) is 4.21. The molecule has 2 heterocycles. The molecule has 120 valence electrons. The molecule has 2 amide bonds. The van der Waals surface area contributed by atoms with Crippen molar-refractivity contribution in [2.24, 2.45) is 0 Å². The van der Waals surface area contributed by atoms with Crippen LogP contribution in [0.5, 0.6) is 0 Å². The quantitative estimate of drug-likeness (QED) is 0.769. The Labute approximate surface area is 131 Å². The number of amides is 2. The molecule has 0 aromatic carbocycles. The molecular formula is C14H24ClN3O3. The van der Waals surface area contributed by atoms with Crippen LogP contribution < -0.4 is 10.6 Å². The van der Waals surface area contributed by atoms with E-state index < -0.39 is 0 Å². The summed E-state index contributed by atoms with van der Waals surface area (Å²) in [5.41, 5.74) is 0. The van der Waals surface area contributed by atoms with E-state index in [0.717, 1.165) is 38.8 Å². The lowest BCUT2D eigenvalue weighted by molar-refractivity contribution is -0.141. The summed E-state index contributed by atoms with van der Waals surface area (Å²) < 4.78 is 5.57. The van der Waals surface area contributed by atoms with Crippen molar-refractivity contribution < 1.29 is 14.3 Å². The van der Waals surface area contributed by atoms with Crippen molar-refractivity contribution in [3.8, 4) is 0 Å². The molecule has 2 saturated heterocycles. The normalized spacial score (nSPS) is 28.9. The van der Waals surface area contributed by atoms with Gasteiger partial charge in [0.25, 0.3) is 0 Å². The average molecular weight is 318 g/mol. The number of hydrogen-bond donors (Lipinski definition) is 2. The van der Waals surface area contributed by atoms with Crippen molar-refractivity contribution >= 4 is 24.2 Å². The van der Waals surface area contributed by atoms with Crippen LogP contribution in [-0.2, 0) is 14.3 Å². The van der Waals surface area contributed by atoms with E-state index in [2.05, 4.69) is 10.6 Å². The second kappa shape index (κ2) is 7.42. The second-order valence-corrected chi connectivity index (χ2v) is 5.93. The van der Waals surface area contributed by atoms with E-state index in [1.807, 2.05) is 0 Å². The van der Waals surface area contributed by atoms with Gasteiger partial charge in [-0.15, -0.1) is 12.4 Å². The predicted octanol–water partition coefficient (Wildman–Crippen LogP) is 0.0563. The summed E-state index contributed by atoms with van der Waals surface area (Å²) in [6, 6.07) is 0.0885.